The number of anilines is 2. The van der Waals surface area contributed by atoms with Gasteiger partial charge in [-0.05, 0) is 18.2 Å². The van der Waals surface area contributed by atoms with Crippen LogP contribution in [-0.4, -0.2) is 26.4 Å². The molecule has 1 aromatic carbocycles. The Kier molecular flexibility index (Phi) is 3.60. The first-order valence-electron chi connectivity index (χ1n) is 4.37. The van der Waals surface area contributed by atoms with Gasteiger partial charge in [-0.25, -0.2) is 0 Å². The predicted octanol–water partition coefficient (Wildman–Crippen LogP) is 1.96. The van der Waals surface area contributed by atoms with Gasteiger partial charge in [-0.1, -0.05) is 6.07 Å². The van der Waals surface area contributed by atoms with Crippen molar-refractivity contribution in [1.82, 2.24) is 0 Å². The molecule has 0 aliphatic carbocycles. The van der Waals surface area contributed by atoms with Gasteiger partial charge in [-0.3, -0.25) is 4.79 Å². The third kappa shape index (κ3) is 3.19. The number of hydrogen-bond acceptors (Lipinski definition) is 2. The molecule has 1 amide bonds. The van der Waals surface area contributed by atoms with Gasteiger partial charge in [0.2, 0.25) is 0 Å². The van der Waals surface area contributed by atoms with Crippen molar-refractivity contribution in [1.29, 1.82) is 0 Å². The molecule has 0 unspecified atom stereocenters. The number of carbonyl (C=O) groups excluding carboxylic acids is 1. The van der Waals surface area contributed by atoms with Crippen LogP contribution in [0.4, 0.5) is 20.2 Å². The molecule has 0 spiro atoms. The lowest BCUT2D eigenvalue weighted by Gasteiger charge is -2.13. The van der Waals surface area contributed by atoms with E-state index in [0.29, 0.717) is 5.69 Å². The molecule has 82 valence electrons. The zero-order chi connectivity index (χ0) is 11.4. The van der Waals surface area contributed by atoms with Crippen LogP contribution in [0.25, 0.3) is 0 Å². The lowest BCUT2D eigenvalue weighted by atomic mass is 10.2. The van der Waals surface area contributed by atoms with Gasteiger partial charge < -0.3 is 10.2 Å². The van der Waals surface area contributed by atoms with E-state index in [1.807, 2.05) is 25.1 Å². The number of benzene rings is 1. The lowest BCUT2D eigenvalue weighted by Crippen LogP contribution is -2.20. The van der Waals surface area contributed by atoms with Crippen LogP contribution >= 0.6 is 0 Å². The maximum Gasteiger partial charge on any atom is 0.315 e. The van der Waals surface area contributed by atoms with Crippen molar-refractivity contribution in [2.75, 3.05) is 24.3 Å². The molecule has 0 aromatic heterocycles. The van der Waals surface area contributed by atoms with Crippen LogP contribution in [0, 0.1) is 0 Å². The molecular formula is C10H12F2N2O. The fraction of sp³-hybridized carbons (Fsp3) is 0.300. The van der Waals surface area contributed by atoms with E-state index in [0.717, 1.165) is 5.69 Å². The molecule has 0 saturated heterocycles. The van der Waals surface area contributed by atoms with Crippen LogP contribution in [0.2, 0.25) is 0 Å². The molecule has 0 bridgehead atoms. The van der Waals surface area contributed by atoms with Crippen molar-refractivity contribution in [3.05, 3.63) is 24.3 Å². The number of alkyl halides is 2. The van der Waals surface area contributed by atoms with E-state index in [2.05, 4.69) is 5.32 Å². The van der Waals surface area contributed by atoms with Gasteiger partial charge in [-0.2, -0.15) is 8.78 Å². The van der Waals surface area contributed by atoms with E-state index in [1.54, 1.807) is 18.2 Å². The fourth-order valence-corrected chi connectivity index (χ4v) is 1.06. The van der Waals surface area contributed by atoms with E-state index >= 15 is 0 Å². The Hall–Kier alpha value is -1.65. The van der Waals surface area contributed by atoms with Gasteiger partial charge in [0.15, 0.2) is 0 Å². The number of hydrogen-bond donors (Lipinski definition) is 1. The van der Waals surface area contributed by atoms with E-state index in [1.165, 1.54) is 0 Å². The van der Waals surface area contributed by atoms with Gasteiger partial charge in [0.05, 0.1) is 0 Å². The Morgan fingerprint density at radius 3 is 2.60 bits per heavy atom. The predicted molar refractivity (Wildman–Crippen MR) is 55.4 cm³/mol. The maximum absolute atomic E-state index is 12.0. The zero-order valence-electron chi connectivity index (χ0n) is 8.50. The van der Waals surface area contributed by atoms with Gasteiger partial charge in [-0.15, -0.1) is 0 Å². The largest absolute Gasteiger partial charge is 0.378 e. The molecule has 15 heavy (non-hydrogen) atoms. The summed E-state index contributed by atoms with van der Waals surface area (Å²) >= 11 is 0. The summed E-state index contributed by atoms with van der Waals surface area (Å²) in [6, 6.07) is 6.70. The first-order chi connectivity index (χ1) is 7.00. The number of halogens is 2. The van der Waals surface area contributed by atoms with Crippen LogP contribution in [0.3, 0.4) is 0 Å². The third-order valence-electron chi connectivity index (χ3n) is 1.83. The summed E-state index contributed by atoms with van der Waals surface area (Å²) in [6.45, 7) is 0. The quantitative estimate of drug-likeness (QED) is 0.834. The van der Waals surface area contributed by atoms with E-state index in [4.69, 9.17) is 0 Å². The topological polar surface area (TPSA) is 32.3 Å². The summed E-state index contributed by atoms with van der Waals surface area (Å²) in [5, 5.41) is 2.12. The maximum atomic E-state index is 12.0. The summed E-state index contributed by atoms with van der Waals surface area (Å²) in [7, 11) is 3.65. The normalized spacial score (nSPS) is 10.2. The molecule has 1 aromatic rings. The second kappa shape index (κ2) is 4.72. The van der Waals surface area contributed by atoms with Crippen LogP contribution in [0.5, 0.6) is 0 Å². The first kappa shape index (κ1) is 11.4. The molecule has 0 saturated carbocycles. The highest BCUT2D eigenvalue weighted by molar-refractivity contribution is 5.93. The Labute approximate surface area is 86.7 Å². The SMILES string of the molecule is CN(C)c1cccc(NC(=O)C(F)F)c1. The Morgan fingerprint density at radius 1 is 1.40 bits per heavy atom. The van der Waals surface area contributed by atoms with Crippen molar-refractivity contribution < 1.29 is 13.6 Å². The highest BCUT2D eigenvalue weighted by Crippen LogP contribution is 2.17. The standard InChI is InChI=1S/C10H12F2N2O/c1-14(2)8-5-3-4-7(6-8)13-10(15)9(11)12/h3-6,9H,1-2H3,(H,13,15). The number of nitrogens with one attached hydrogen (secondary N) is 1. The minimum Gasteiger partial charge on any atom is -0.378 e. The van der Waals surface area contributed by atoms with Gasteiger partial charge >= 0.3 is 6.43 Å². The molecular weight excluding hydrogens is 202 g/mol. The lowest BCUT2D eigenvalue weighted by molar-refractivity contribution is -0.126. The number of amides is 1. The molecule has 0 radical (unpaired) electrons. The average molecular weight is 214 g/mol. The summed E-state index contributed by atoms with van der Waals surface area (Å²) in [5.74, 6) is -1.29. The molecule has 1 N–H and O–H groups in total. The van der Waals surface area contributed by atoms with Crippen LogP contribution in [0.1, 0.15) is 0 Å². The van der Waals surface area contributed by atoms with Crippen LogP contribution < -0.4 is 10.2 Å². The van der Waals surface area contributed by atoms with Crippen LogP contribution in [-0.2, 0) is 4.79 Å². The van der Waals surface area contributed by atoms with E-state index in [-0.39, 0.29) is 0 Å². The fourth-order valence-electron chi connectivity index (χ4n) is 1.06. The van der Waals surface area contributed by atoms with E-state index in [9.17, 15) is 13.6 Å². The minimum atomic E-state index is -2.99. The highest BCUT2D eigenvalue weighted by Gasteiger charge is 2.14. The Balaban J connectivity index is 2.78. The van der Waals surface area contributed by atoms with Crippen molar-refractivity contribution in [3.8, 4) is 0 Å². The molecule has 1 rings (SSSR count). The van der Waals surface area contributed by atoms with Crippen molar-refractivity contribution in [3.63, 3.8) is 0 Å². The molecule has 3 nitrogen and oxygen atoms in total. The van der Waals surface area contributed by atoms with Crippen molar-refractivity contribution in [2.45, 2.75) is 6.43 Å². The third-order valence-corrected chi connectivity index (χ3v) is 1.83. The molecule has 0 atom stereocenters. The minimum absolute atomic E-state index is 0.367. The molecule has 0 aliphatic rings. The first-order valence-corrected chi connectivity index (χ1v) is 4.37. The number of rotatable bonds is 3. The van der Waals surface area contributed by atoms with Crippen LogP contribution in [0.15, 0.2) is 24.3 Å². The summed E-state index contributed by atoms with van der Waals surface area (Å²) in [4.78, 5) is 12.5. The molecule has 0 fully saturated rings. The van der Waals surface area contributed by atoms with Gasteiger partial charge in [0.1, 0.15) is 0 Å². The summed E-state index contributed by atoms with van der Waals surface area (Å²) in [6.07, 6.45) is -2.99. The smallest absolute Gasteiger partial charge is 0.315 e. The number of nitrogens with zero attached hydrogens (tertiary/aromatic N) is 1. The highest BCUT2D eigenvalue weighted by atomic mass is 19.3. The Bertz CT molecular complexity index is 353. The second-order valence-corrected chi connectivity index (χ2v) is 3.23. The molecule has 5 heteroatoms. The monoisotopic (exact) mass is 214 g/mol. The molecule has 0 aliphatic heterocycles. The number of carbonyl (C=O) groups is 1. The second-order valence-electron chi connectivity index (χ2n) is 3.23. The zero-order valence-corrected chi connectivity index (χ0v) is 8.50. The van der Waals surface area contributed by atoms with Crippen molar-refractivity contribution in [2.24, 2.45) is 0 Å². The average Bonchev–Trinajstić information content (AvgIpc) is 2.18. The molecule has 0 heterocycles. The van der Waals surface area contributed by atoms with Crippen molar-refractivity contribution >= 4 is 17.3 Å². The van der Waals surface area contributed by atoms with E-state index < -0.39 is 12.3 Å². The van der Waals surface area contributed by atoms with Gasteiger partial charge in [0.25, 0.3) is 5.91 Å². The summed E-state index contributed by atoms with van der Waals surface area (Å²) < 4.78 is 23.9. The Morgan fingerprint density at radius 2 is 2.07 bits per heavy atom. The van der Waals surface area contributed by atoms with Gasteiger partial charge in [0, 0.05) is 25.5 Å². The summed E-state index contributed by atoms with van der Waals surface area (Å²) in [5.41, 5.74) is 1.20.